The van der Waals surface area contributed by atoms with Gasteiger partial charge in [-0.2, -0.15) is 5.10 Å². The summed E-state index contributed by atoms with van der Waals surface area (Å²) < 4.78 is 30.3. The number of fused-ring (bicyclic) bond motifs is 1. The number of carbonyl (C=O) groups is 1. The van der Waals surface area contributed by atoms with Crippen LogP contribution < -0.4 is 4.90 Å². The van der Waals surface area contributed by atoms with Crippen molar-refractivity contribution in [2.24, 2.45) is 0 Å². The highest BCUT2D eigenvalue weighted by Gasteiger charge is 2.33. The summed E-state index contributed by atoms with van der Waals surface area (Å²) in [6, 6.07) is 5.06. The fourth-order valence-electron chi connectivity index (χ4n) is 4.76. The molecule has 0 bridgehead atoms. The SMILES string of the molecule is Cc1cn2nc(C3CCCCN3C(=O)c3c(F)cccc3F)cc2nc1N1CCCC1. The maximum atomic E-state index is 14.3. The first-order valence-electron chi connectivity index (χ1n) is 10.9. The van der Waals surface area contributed by atoms with Gasteiger partial charge in [0.25, 0.3) is 5.91 Å². The van der Waals surface area contributed by atoms with E-state index < -0.39 is 23.1 Å². The van der Waals surface area contributed by atoms with E-state index in [9.17, 15) is 13.6 Å². The van der Waals surface area contributed by atoms with Crippen LogP contribution in [0.4, 0.5) is 14.6 Å². The lowest BCUT2D eigenvalue weighted by Gasteiger charge is -2.34. The van der Waals surface area contributed by atoms with Crippen LogP contribution in [0.2, 0.25) is 0 Å². The van der Waals surface area contributed by atoms with Crippen molar-refractivity contribution in [1.82, 2.24) is 19.5 Å². The third-order valence-corrected chi connectivity index (χ3v) is 6.31. The van der Waals surface area contributed by atoms with Crippen LogP contribution in [0.3, 0.4) is 0 Å². The van der Waals surface area contributed by atoms with Crippen molar-refractivity contribution in [3.8, 4) is 0 Å². The van der Waals surface area contributed by atoms with Crippen LogP contribution in [0, 0.1) is 18.6 Å². The second-order valence-electron chi connectivity index (χ2n) is 8.42. The Morgan fingerprint density at radius 2 is 1.77 bits per heavy atom. The lowest BCUT2D eigenvalue weighted by atomic mass is 9.98. The summed E-state index contributed by atoms with van der Waals surface area (Å²) in [5.74, 6) is -1.32. The number of carbonyl (C=O) groups excluding carboxylic acids is 1. The Labute approximate surface area is 179 Å². The molecule has 1 amide bonds. The predicted octanol–water partition coefficient (Wildman–Crippen LogP) is 4.28. The molecule has 4 heterocycles. The monoisotopic (exact) mass is 425 g/mol. The van der Waals surface area contributed by atoms with Gasteiger partial charge in [0.05, 0.1) is 11.7 Å². The summed E-state index contributed by atoms with van der Waals surface area (Å²) in [7, 11) is 0. The zero-order chi connectivity index (χ0) is 21.5. The topological polar surface area (TPSA) is 53.7 Å². The van der Waals surface area contributed by atoms with Gasteiger partial charge < -0.3 is 9.80 Å². The molecule has 0 N–H and O–H groups in total. The number of likely N-dealkylation sites (tertiary alicyclic amines) is 1. The number of hydrogen-bond acceptors (Lipinski definition) is 4. The fraction of sp³-hybridized carbons (Fsp3) is 0.435. The van der Waals surface area contributed by atoms with Crippen molar-refractivity contribution in [1.29, 1.82) is 0 Å². The lowest BCUT2D eigenvalue weighted by Crippen LogP contribution is -2.39. The minimum absolute atomic E-state index is 0.336. The molecule has 2 aliphatic heterocycles. The van der Waals surface area contributed by atoms with Crippen molar-refractivity contribution in [2.45, 2.75) is 45.1 Å². The number of benzene rings is 1. The molecule has 1 unspecified atom stereocenters. The number of rotatable bonds is 3. The molecule has 2 fully saturated rings. The molecule has 2 aromatic heterocycles. The Balaban J connectivity index is 1.50. The summed E-state index contributed by atoms with van der Waals surface area (Å²) in [5, 5.41) is 4.69. The second kappa shape index (κ2) is 7.90. The van der Waals surface area contributed by atoms with Gasteiger partial charge in [0.15, 0.2) is 5.65 Å². The van der Waals surface area contributed by atoms with Gasteiger partial charge in [0.2, 0.25) is 0 Å². The maximum Gasteiger partial charge on any atom is 0.260 e. The highest BCUT2D eigenvalue weighted by molar-refractivity contribution is 5.95. The van der Waals surface area contributed by atoms with Gasteiger partial charge >= 0.3 is 0 Å². The predicted molar refractivity (Wildman–Crippen MR) is 113 cm³/mol. The number of halogens is 2. The van der Waals surface area contributed by atoms with E-state index in [4.69, 9.17) is 10.1 Å². The van der Waals surface area contributed by atoms with Gasteiger partial charge in [-0.1, -0.05) is 6.07 Å². The molecule has 2 saturated heterocycles. The highest BCUT2D eigenvalue weighted by Crippen LogP contribution is 2.33. The highest BCUT2D eigenvalue weighted by atomic mass is 19.1. The van der Waals surface area contributed by atoms with Gasteiger partial charge in [0, 0.05) is 37.5 Å². The van der Waals surface area contributed by atoms with Crippen molar-refractivity contribution < 1.29 is 13.6 Å². The van der Waals surface area contributed by atoms with E-state index in [1.165, 1.54) is 18.9 Å². The number of piperidine rings is 1. The molecular formula is C23H25F2N5O. The average Bonchev–Trinajstić information content (AvgIpc) is 3.42. The maximum absolute atomic E-state index is 14.3. The van der Waals surface area contributed by atoms with Crippen LogP contribution in [0.15, 0.2) is 30.5 Å². The number of hydrogen-bond donors (Lipinski definition) is 0. The van der Waals surface area contributed by atoms with Crippen LogP contribution in [0.25, 0.3) is 5.65 Å². The third kappa shape index (κ3) is 3.54. The summed E-state index contributed by atoms with van der Waals surface area (Å²) in [5.41, 5.74) is 1.98. The molecule has 6 nitrogen and oxygen atoms in total. The Hall–Kier alpha value is -3.03. The molecule has 0 spiro atoms. The zero-order valence-corrected chi connectivity index (χ0v) is 17.5. The van der Waals surface area contributed by atoms with Crippen LogP contribution in [-0.2, 0) is 0 Å². The first-order chi connectivity index (χ1) is 15.0. The first-order valence-corrected chi connectivity index (χ1v) is 10.9. The minimum Gasteiger partial charge on any atom is -0.356 e. The number of aromatic nitrogens is 3. The second-order valence-corrected chi connectivity index (χ2v) is 8.42. The van der Waals surface area contributed by atoms with Crippen LogP contribution in [0.1, 0.15) is 59.8 Å². The van der Waals surface area contributed by atoms with Gasteiger partial charge in [-0.05, 0) is 51.2 Å². The summed E-state index contributed by atoms with van der Waals surface area (Å²) >= 11 is 0. The Kier molecular flexibility index (Phi) is 5.08. The smallest absolute Gasteiger partial charge is 0.260 e. The standard InChI is InChI=1S/C23H25F2N5O/c1-15-14-30-20(26-22(15)28-10-4-5-11-28)13-18(27-30)19-9-2-3-12-29(19)23(31)21-16(24)7-6-8-17(21)25/h6-8,13-14,19H,2-5,9-12H2,1H3. The van der Waals surface area contributed by atoms with Gasteiger partial charge in [-0.25, -0.2) is 18.3 Å². The number of nitrogens with zero attached hydrogens (tertiary/aromatic N) is 5. The van der Waals surface area contributed by atoms with E-state index in [-0.39, 0.29) is 6.04 Å². The molecule has 1 aromatic carbocycles. The molecule has 31 heavy (non-hydrogen) atoms. The molecule has 8 heteroatoms. The molecule has 162 valence electrons. The van der Waals surface area contributed by atoms with E-state index in [1.807, 2.05) is 19.2 Å². The summed E-state index contributed by atoms with van der Waals surface area (Å²) in [6.07, 6.45) is 6.72. The van der Waals surface area contributed by atoms with Crippen molar-refractivity contribution in [2.75, 3.05) is 24.5 Å². The summed E-state index contributed by atoms with van der Waals surface area (Å²) in [6.45, 7) is 4.48. The molecule has 1 atom stereocenters. The van der Waals surface area contributed by atoms with Gasteiger partial charge in [0.1, 0.15) is 23.0 Å². The van der Waals surface area contributed by atoms with E-state index in [1.54, 1.807) is 9.42 Å². The van der Waals surface area contributed by atoms with Gasteiger partial charge in [-0.3, -0.25) is 4.79 Å². The Morgan fingerprint density at radius 3 is 2.52 bits per heavy atom. The van der Waals surface area contributed by atoms with Gasteiger partial charge in [-0.15, -0.1) is 0 Å². The van der Waals surface area contributed by atoms with Crippen molar-refractivity contribution in [3.63, 3.8) is 0 Å². The van der Waals surface area contributed by atoms with Crippen LogP contribution in [0.5, 0.6) is 0 Å². The number of aryl methyl sites for hydroxylation is 1. The van der Waals surface area contributed by atoms with Crippen molar-refractivity contribution >= 4 is 17.4 Å². The average molecular weight is 425 g/mol. The quantitative estimate of drug-likeness (QED) is 0.629. The Bertz CT molecular complexity index is 1120. The minimum atomic E-state index is -0.836. The van der Waals surface area contributed by atoms with E-state index in [0.29, 0.717) is 18.7 Å². The molecule has 3 aromatic rings. The first kappa shape index (κ1) is 19.9. The van der Waals surface area contributed by atoms with E-state index >= 15 is 0 Å². The van der Waals surface area contributed by atoms with Crippen LogP contribution >= 0.6 is 0 Å². The molecular weight excluding hydrogens is 400 g/mol. The molecule has 0 saturated carbocycles. The Morgan fingerprint density at radius 1 is 1.06 bits per heavy atom. The van der Waals surface area contributed by atoms with E-state index in [0.717, 1.165) is 55.1 Å². The number of anilines is 1. The fourth-order valence-corrected chi connectivity index (χ4v) is 4.76. The normalized spacial score (nSPS) is 19.4. The molecule has 0 aliphatic carbocycles. The molecule has 5 rings (SSSR count). The molecule has 0 radical (unpaired) electrons. The molecule has 2 aliphatic rings. The lowest BCUT2D eigenvalue weighted by molar-refractivity contribution is 0.0595. The van der Waals surface area contributed by atoms with Crippen molar-refractivity contribution in [3.05, 3.63) is 58.9 Å². The summed E-state index contributed by atoms with van der Waals surface area (Å²) in [4.78, 5) is 21.8. The largest absolute Gasteiger partial charge is 0.356 e. The van der Waals surface area contributed by atoms with E-state index in [2.05, 4.69) is 4.90 Å². The van der Waals surface area contributed by atoms with Crippen LogP contribution in [-0.4, -0.2) is 45.0 Å². The zero-order valence-electron chi connectivity index (χ0n) is 17.5. The number of amides is 1. The third-order valence-electron chi connectivity index (χ3n) is 6.31.